The first kappa shape index (κ1) is 28.9. The molecule has 41 heavy (non-hydrogen) atoms. The number of anilines is 1. The molecule has 0 radical (unpaired) electrons. The van der Waals surface area contributed by atoms with Crippen molar-refractivity contribution in [3.8, 4) is 0 Å². The topological polar surface area (TPSA) is 61.4 Å². The fourth-order valence-corrected chi connectivity index (χ4v) is 9.32. The van der Waals surface area contributed by atoms with Gasteiger partial charge in [-0.15, -0.1) is 0 Å². The number of nitrogens with zero attached hydrogens (tertiary/aromatic N) is 1. The number of hydrogen-bond acceptors (Lipinski definition) is 3. The van der Waals surface area contributed by atoms with Gasteiger partial charge in [-0.05, 0) is 86.7 Å². The number of amides is 2. The molecule has 2 aromatic carbocycles. The van der Waals surface area contributed by atoms with Gasteiger partial charge in [0.25, 0.3) is 0 Å². The zero-order valence-corrected chi connectivity index (χ0v) is 25.6. The molecule has 8 heteroatoms. The molecular formula is C33H40Cl2FN3O2. The van der Waals surface area contributed by atoms with E-state index < -0.39 is 28.7 Å². The summed E-state index contributed by atoms with van der Waals surface area (Å²) in [5.74, 6) is -0.375. The van der Waals surface area contributed by atoms with Gasteiger partial charge in [0.05, 0.1) is 11.1 Å². The van der Waals surface area contributed by atoms with Crippen LogP contribution in [0.4, 0.5) is 10.1 Å². The van der Waals surface area contributed by atoms with E-state index in [2.05, 4.69) is 29.4 Å². The molecule has 2 heterocycles. The van der Waals surface area contributed by atoms with Gasteiger partial charge in [0.15, 0.2) is 0 Å². The summed E-state index contributed by atoms with van der Waals surface area (Å²) in [7, 11) is 1.97. The average molecular weight is 601 g/mol. The van der Waals surface area contributed by atoms with Gasteiger partial charge in [-0.2, -0.15) is 0 Å². The quantitative estimate of drug-likeness (QED) is 0.383. The van der Waals surface area contributed by atoms with E-state index in [1.807, 2.05) is 13.1 Å². The molecule has 2 N–H and O–H groups in total. The lowest BCUT2D eigenvalue weighted by molar-refractivity contribution is -0.128. The first-order chi connectivity index (χ1) is 19.6. The Morgan fingerprint density at radius 2 is 1.78 bits per heavy atom. The van der Waals surface area contributed by atoms with Crippen molar-refractivity contribution in [1.82, 2.24) is 10.2 Å². The van der Waals surface area contributed by atoms with Crippen molar-refractivity contribution in [3.63, 3.8) is 0 Å². The predicted molar refractivity (Wildman–Crippen MR) is 162 cm³/mol. The molecule has 5 nitrogen and oxygen atoms in total. The minimum atomic E-state index is -1.19. The second kappa shape index (κ2) is 10.8. The number of likely N-dealkylation sites (N-methyl/N-ethyl adjacent to an activating group) is 1. The number of hydrogen-bond donors (Lipinski definition) is 2. The summed E-state index contributed by atoms with van der Waals surface area (Å²) in [5.41, 5.74) is -0.122. The number of fused-ring (bicyclic) bond motifs is 3. The predicted octanol–water partition coefficient (Wildman–Crippen LogP) is 7.45. The minimum Gasteiger partial charge on any atom is -0.352 e. The van der Waals surface area contributed by atoms with Crippen LogP contribution in [-0.4, -0.2) is 41.4 Å². The molecule has 6 rings (SSSR count). The number of nitrogens with one attached hydrogen (secondary N) is 2. The van der Waals surface area contributed by atoms with Crippen LogP contribution in [0.2, 0.25) is 10.0 Å². The average Bonchev–Trinajstić information content (AvgIpc) is 3.35. The molecule has 4 aliphatic rings. The summed E-state index contributed by atoms with van der Waals surface area (Å²) in [6, 6.07) is 9.73. The highest BCUT2D eigenvalue weighted by Gasteiger charge is 2.74. The molecule has 220 valence electrons. The van der Waals surface area contributed by atoms with E-state index in [1.165, 1.54) is 6.07 Å². The van der Waals surface area contributed by atoms with Crippen molar-refractivity contribution in [3.05, 3.63) is 63.4 Å². The smallest absolute Gasteiger partial charge is 0.238 e. The second-order valence-electron chi connectivity index (χ2n) is 13.1. The Bertz CT molecular complexity index is 1350. The number of benzene rings is 2. The number of likely N-dealkylation sites (tertiary alicyclic amines) is 1. The van der Waals surface area contributed by atoms with E-state index in [4.69, 9.17) is 23.2 Å². The normalized spacial score (nSPS) is 31.0. The highest BCUT2D eigenvalue weighted by atomic mass is 35.5. The van der Waals surface area contributed by atoms with E-state index in [-0.39, 0.29) is 22.9 Å². The number of carbonyl (C=O) groups excluding carboxylic acids is 2. The lowest BCUT2D eigenvalue weighted by Crippen LogP contribution is -2.60. The van der Waals surface area contributed by atoms with E-state index in [1.54, 1.807) is 24.3 Å². The van der Waals surface area contributed by atoms with Gasteiger partial charge in [0.2, 0.25) is 11.8 Å². The fraction of sp³-hybridized carbons (Fsp3) is 0.576. The van der Waals surface area contributed by atoms with Crippen molar-refractivity contribution >= 4 is 40.7 Å². The highest BCUT2D eigenvalue weighted by Crippen LogP contribution is 2.66. The SMILES string of the molecule is CC(C)[C@H]1CC[C@H](NC(=O)[C@H]2[C@H](c3cccc(Cl)c3F)[C@]3(C(=O)Nc4cc(Cl)ccc43)C3(CCCCC3)N2C)CC1. The van der Waals surface area contributed by atoms with Gasteiger partial charge < -0.3 is 10.6 Å². The van der Waals surface area contributed by atoms with Gasteiger partial charge >= 0.3 is 0 Å². The molecule has 2 amide bonds. The van der Waals surface area contributed by atoms with Crippen molar-refractivity contribution < 1.29 is 14.0 Å². The molecule has 2 aliphatic carbocycles. The highest BCUT2D eigenvalue weighted by molar-refractivity contribution is 6.31. The van der Waals surface area contributed by atoms with E-state index in [0.717, 1.165) is 63.4 Å². The number of carbonyl (C=O) groups is 2. The second-order valence-corrected chi connectivity index (χ2v) is 13.9. The first-order valence-corrected chi connectivity index (χ1v) is 16.0. The first-order valence-electron chi connectivity index (χ1n) is 15.2. The maximum atomic E-state index is 16.1. The Balaban J connectivity index is 1.51. The molecular weight excluding hydrogens is 560 g/mol. The van der Waals surface area contributed by atoms with Crippen LogP contribution in [0.15, 0.2) is 36.4 Å². The van der Waals surface area contributed by atoms with Crippen LogP contribution < -0.4 is 10.6 Å². The van der Waals surface area contributed by atoms with Crippen molar-refractivity contribution in [2.24, 2.45) is 11.8 Å². The Kier molecular flexibility index (Phi) is 7.65. The molecule has 0 aromatic heterocycles. The van der Waals surface area contributed by atoms with Gasteiger partial charge in [-0.3, -0.25) is 14.5 Å². The molecule has 1 saturated heterocycles. The van der Waals surface area contributed by atoms with E-state index in [0.29, 0.717) is 28.1 Å². The maximum Gasteiger partial charge on any atom is 0.238 e. The fourth-order valence-electron chi connectivity index (χ4n) is 8.96. The molecule has 2 saturated carbocycles. The van der Waals surface area contributed by atoms with E-state index >= 15 is 4.39 Å². The van der Waals surface area contributed by atoms with Crippen LogP contribution in [0.5, 0.6) is 0 Å². The third kappa shape index (κ3) is 4.34. The zero-order valence-electron chi connectivity index (χ0n) is 24.1. The number of halogens is 3. The van der Waals surface area contributed by atoms with Gasteiger partial charge in [0.1, 0.15) is 11.2 Å². The van der Waals surface area contributed by atoms with Gasteiger partial charge in [0, 0.05) is 28.2 Å². The molecule has 0 unspecified atom stereocenters. The molecule has 2 spiro atoms. The summed E-state index contributed by atoms with van der Waals surface area (Å²) in [6.45, 7) is 4.53. The Morgan fingerprint density at radius 3 is 2.46 bits per heavy atom. The van der Waals surface area contributed by atoms with Crippen LogP contribution in [0.3, 0.4) is 0 Å². The minimum absolute atomic E-state index is 0.00852. The van der Waals surface area contributed by atoms with Gasteiger partial charge in [-0.25, -0.2) is 4.39 Å². The summed E-state index contributed by atoms with van der Waals surface area (Å²) < 4.78 is 16.1. The van der Waals surface area contributed by atoms with Crippen LogP contribution in [0, 0.1) is 17.7 Å². The third-order valence-electron chi connectivity index (χ3n) is 10.9. The van der Waals surface area contributed by atoms with Gasteiger partial charge in [-0.1, -0.05) is 74.5 Å². The van der Waals surface area contributed by atoms with Crippen LogP contribution >= 0.6 is 23.2 Å². The van der Waals surface area contributed by atoms with Crippen molar-refractivity contribution in [2.45, 2.75) is 101 Å². The molecule has 3 fully saturated rings. The lowest BCUT2D eigenvalue weighted by Gasteiger charge is -2.49. The lowest BCUT2D eigenvalue weighted by atomic mass is 9.55. The summed E-state index contributed by atoms with van der Waals surface area (Å²) >= 11 is 12.8. The van der Waals surface area contributed by atoms with Crippen molar-refractivity contribution in [1.29, 1.82) is 0 Å². The third-order valence-corrected chi connectivity index (χ3v) is 11.5. The molecule has 2 aromatic rings. The molecule has 2 aliphatic heterocycles. The monoisotopic (exact) mass is 599 g/mol. The Morgan fingerprint density at radius 1 is 1.07 bits per heavy atom. The standard InChI is InChI=1S/C33H40Cl2FN3O2/c1-19(2)20-10-13-22(14-11-20)37-30(40)29-27(23-8-7-9-25(35)28(23)36)33(32(39(29)3)16-5-4-6-17-32)24-15-12-21(34)18-26(24)38-31(33)41/h7-9,12,15,18-20,22,27,29H,4-6,10-11,13-14,16-17H2,1-3H3,(H,37,40)(H,38,41)/t20-,22-,27-,29+,33+/m0/s1. The Hall–Kier alpha value is -2.15. The van der Waals surface area contributed by atoms with Crippen LogP contribution in [0.25, 0.3) is 0 Å². The summed E-state index contributed by atoms with van der Waals surface area (Å²) in [4.78, 5) is 31.2. The number of rotatable bonds is 4. The molecule has 0 bridgehead atoms. The van der Waals surface area contributed by atoms with Crippen LogP contribution in [0.1, 0.15) is 88.7 Å². The maximum absolute atomic E-state index is 16.1. The van der Waals surface area contributed by atoms with Crippen molar-refractivity contribution in [2.75, 3.05) is 12.4 Å². The van der Waals surface area contributed by atoms with E-state index in [9.17, 15) is 9.59 Å². The Labute approximate surface area is 252 Å². The largest absolute Gasteiger partial charge is 0.352 e. The summed E-state index contributed by atoms with van der Waals surface area (Å²) in [6.07, 6.45) is 8.43. The zero-order chi connectivity index (χ0) is 29.1. The summed E-state index contributed by atoms with van der Waals surface area (Å²) in [5, 5.41) is 7.00. The van der Waals surface area contributed by atoms with Crippen LogP contribution in [-0.2, 0) is 15.0 Å². The molecule has 3 atom stereocenters.